The third-order valence-corrected chi connectivity index (χ3v) is 2.04. The van der Waals surface area contributed by atoms with Crippen LogP contribution < -0.4 is 5.43 Å². The molecule has 1 aliphatic rings. The Bertz CT molecular complexity index is 318. The van der Waals surface area contributed by atoms with Gasteiger partial charge in [0.2, 0.25) is 0 Å². The van der Waals surface area contributed by atoms with Gasteiger partial charge in [-0.2, -0.15) is 5.10 Å². The minimum atomic E-state index is -1.00. The smallest absolute Gasteiger partial charge is 0.351 e. The number of aliphatic carboxylic acids is 1. The van der Waals surface area contributed by atoms with Crippen molar-refractivity contribution >= 4 is 11.7 Å². The molecule has 76 valence electrons. The van der Waals surface area contributed by atoms with Crippen molar-refractivity contribution in [2.45, 2.75) is 25.8 Å². The highest BCUT2D eigenvalue weighted by Crippen LogP contribution is 2.16. The summed E-state index contributed by atoms with van der Waals surface area (Å²) in [5.41, 5.74) is 2.64. The molecule has 0 aliphatic heterocycles. The zero-order valence-electron chi connectivity index (χ0n) is 8.32. The van der Waals surface area contributed by atoms with Crippen molar-refractivity contribution in [3.05, 3.63) is 24.3 Å². The van der Waals surface area contributed by atoms with Gasteiger partial charge in [0.05, 0.1) is 5.54 Å². The molecule has 0 spiro atoms. The Kier molecular flexibility index (Phi) is 3.06. The third kappa shape index (κ3) is 2.73. The van der Waals surface area contributed by atoms with Crippen LogP contribution in [0.3, 0.4) is 0 Å². The Hall–Kier alpha value is -1.58. The van der Waals surface area contributed by atoms with E-state index in [0.29, 0.717) is 0 Å². The Morgan fingerprint density at radius 2 is 2.29 bits per heavy atom. The van der Waals surface area contributed by atoms with E-state index in [2.05, 4.69) is 10.5 Å². The normalized spacial score (nSPS) is 26.3. The molecule has 1 unspecified atom stereocenters. The predicted molar refractivity (Wildman–Crippen MR) is 55.2 cm³/mol. The molecule has 0 aromatic rings. The molecular weight excluding hydrogens is 180 g/mol. The molecular formula is C10H14N2O2. The quantitative estimate of drug-likeness (QED) is 0.526. The van der Waals surface area contributed by atoms with E-state index in [0.717, 1.165) is 6.42 Å². The second-order valence-electron chi connectivity index (χ2n) is 3.52. The highest BCUT2D eigenvalue weighted by molar-refractivity contribution is 6.34. The molecule has 0 aromatic heterocycles. The fourth-order valence-corrected chi connectivity index (χ4v) is 1.07. The van der Waals surface area contributed by atoms with Gasteiger partial charge in [-0.3, -0.25) is 5.43 Å². The van der Waals surface area contributed by atoms with Crippen LogP contribution in [0.1, 0.15) is 20.3 Å². The minimum absolute atomic E-state index is 0.0641. The van der Waals surface area contributed by atoms with Gasteiger partial charge in [0.25, 0.3) is 0 Å². The number of hydrazone groups is 1. The molecule has 0 bridgehead atoms. The monoisotopic (exact) mass is 194 g/mol. The molecule has 1 atom stereocenters. The van der Waals surface area contributed by atoms with Gasteiger partial charge in [-0.15, -0.1) is 0 Å². The van der Waals surface area contributed by atoms with Crippen LogP contribution >= 0.6 is 0 Å². The van der Waals surface area contributed by atoms with Gasteiger partial charge in [-0.25, -0.2) is 4.79 Å². The summed E-state index contributed by atoms with van der Waals surface area (Å²) in [4.78, 5) is 10.5. The van der Waals surface area contributed by atoms with Gasteiger partial charge in [0.15, 0.2) is 0 Å². The summed E-state index contributed by atoms with van der Waals surface area (Å²) >= 11 is 0. The lowest BCUT2D eigenvalue weighted by Crippen LogP contribution is -2.38. The van der Waals surface area contributed by atoms with Crippen molar-refractivity contribution in [2.24, 2.45) is 5.10 Å². The van der Waals surface area contributed by atoms with Crippen molar-refractivity contribution in [2.75, 3.05) is 0 Å². The first-order valence-corrected chi connectivity index (χ1v) is 4.43. The van der Waals surface area contributed by atoms with Crippen molar-refractivity contribution in [1.29, 1.82) is 0 Å². The predicted octanol–water partition coefficient (Wildman–Crippen LogP) is 1.31. The van der Waals surface area contributed by atoms with Crippen molar-refractivity contribution in [1.82, 2.24) is 5.43 Å². The molecule has 4 heteroatoms. The minimum Gasteiger partial charge on any atom is -0.477 e. The summed E-state index contributed by atoms with van der Waals surface area (Å²) in [7, 11) is 0. The molecule has 1 aliphatic carbocycles. The molecule has 0 radical (unpaired) electrons. The lowest BCUT2D eigenvalue weighted by Gasteiger charge is -2.25. The molecule has 0 saturated carbocycles. The number of nitrogens with one attached hydrogen (secondary N) is 1. The molecule has 0 amide bonds. The Morgan fingerprint density at radius 3 is 2.79 bits per heavy atom. The fraction of sp³-hybridized carbons (Fsp3) is 0.400. The zero-order valence-corrected chi connectivity index (χ0v) is 8.32. The van der Waals surface area contributed by atoms with E-state index in [9.17, 15) is 4.79 Å². The molecule has 2 N–H and O–H groups in total. The number of carboxylic acid groups (broad SMARTS) is 1. The maximum atomic E-state index is 10.5. The lowest BCUT2D eigenvalue weighted by atomic mass is 9.95. The van der Waals surface area contributed by atoms with Gasteiger partial charge >= 0.3 is 5.97 Å². The average molecular weight is 194 g/mol. The maximum absolute atomic E-state index is 10.5. The Labute approximate surface area is 83.0 Å². The zero-order chi connectivity index (χ0) is 10.6. The summed E-state index contributed by atoms with van der Waals surface area (Å²) in [6.45, 7) is 3.42. The van der Waals surface area contributed by atoms with E-state index in [4.69, 9.17) is 5.11 Å². The Balaban J connectivity index is 2.61. The number of nitrogens with zero attached hydrogens (tertiary/aromatic N) is 1. The van der Waals surface area contributed by atoms with Gasteiger partial charge in [0, 0.05) is 0 Å². The van der Waals surface area contributed by atoms with E-state index in [-0.39, 0.29) is 11.3 Å². The van der Waals surface area contributed by atoms with Crippen LogP contribution in [0, 0.1) is 0 Å². The van der Waals surface area contributed by atoms with E-state index in [1.165, 1.54) is 6.92 Å². The fourth-order valence-electron chi connectivity index (χ4n) is 1.07. The van der Waals surface area contributed by atoms with E-state index in [1.54, 1.807) is 0 Å². The van der Waals surface area contributed by atoms with E-state index < -0.39 is 5.97 Å². The molecule has 0 saturated heterocycles. The van der Waals surface area contributed by atoms with Crippen molar-refractivity contribution in [3.63, 3.8) is 0 Å². The number of rotatable bonds is 3. The summed E-state index contributed by atoms with van der Waals surface area (Å²) < 4.78 is 0. The first-order valence-electron chi connectivity index (χ1n) is 4.43. The number of carbonyl (C=O) groups is 1. The van der Waals surface area contributed by atoms with E-state index in [1.807, 2.05) is 31.2 Å². The largest absolute Gasteiger partial charge is 0.477 e. The summed E-state index contributed by atoms with van der Waals surface area (Å²) in [6.07, 6.45) is 8.66. The van der Waals surface area contributed by atoms with Crippen LogP contribution in [0.25, 0.3) is 0 Å². The van der Waals surface area contributed by atoms with Crippen LogP contribution in [-0.2, 0) is 4.79 Å². The van der Waals surface area contributed by atoms with Gasteiger partial charge in [-0.1, -0.05) is 24.3 Å². The average Bonchev–Trinajstić information content (AvgIpc) is 2.15. The van der Waals surface area contributed by atoms with Crippen molar-refractivity contribution < 1.29 is 9.90 Å². The standard InChI is InChI=1S/C10H14N2O2/c1-8(9(13)14)11-12-10(2)6-4-3-5-7-10/h3-6,12H,7H2,1-2H3,(H,13,14). The molecule has 14 heavy (non-hydrogen) atoms. The topological polar surface area (TPSA) is 61.7 Å². The summed E-state index contributed by atoms with van der Waals surface area (Å²) in [5.74, 6) is -1.00. The molecule has 4 nitrogen and oxygen atoms in total. The first kappa shape index (κ1) is 10.5. The van der Waals surface area contributed by atoms with Crippen LogP contribution in [0.2, 0.25) is 0 Å². The van der Waals surface area contributed by atoms with Crippen LogP contribution in [0.4, 0.5) is 0 Å². The van der Waals surface area contributed by atoms with Gasteiger partial charge in [-0.05, 0) is 20.3 Å². The Morgan fingerprint density at radius 1 is 1.57 bits per heavy atom. The maximum Gasteiger partial charge on any atom is 0.351 e. The highest BCUT2D eigenvalue weighted by atomic mass is 16.4. The second-order valence-corrected chi connectivity index (χ2v) is 3.52. The second kappa shape index (κ2) is 4.09. The van der Waals surface area contributed by atoms with Crippen LogP contribution in [-0.4, -0.2) is 22.3 Å². The van der Waals surface area contributed by atoms with Crippen LogP contribution in [0.15, 0.2) is 29.4 Å². The number of hydrogen-bond acceptors (Lipinski definition) is 3. The molecule has 1 rings (SSSR count). The molecule has 0 aromatic carbocycles. The van der Waals surface area contributed by atoms with E-state index >= 15 is 0 Å². The summed E-state index contributed by atoms with van der Waals surface area (Å²) in [6, 6.07) is 0. The molecule has 0 heterocycles. The third-order valence-electron chi connectivity index (χ3n) is 2.04. The van der Waals surface area contributed by atoms with Gasteiger partial charge < -0.3 is 5.11 Å². The van der Waals surface area contributed by atoms with Crippen molar-refractivity contribution in [3.8, 4) is 0 Å². The number of allylic oxidation sites excluding steroid dienone is 2. The summed E-state index contributed by atoms with van der Waals surface area (Å²) in [5, 5.41) is 12.4. The number of carboxylic acids is 1. The lowest BCUT2D eigenvalue weighted by molar-refractivity contribution is -0.129. The van der Waals surface area contributed by atoms with Crippen LogP contribution in [0.5, 0.6) is 0 Å². The molecule has 0 fully saturated rings. The number of hydrogen-bond donors (Lipinski definition) is 2. The highest BCUT2D eigenvalue weighted by Gasteiger charge is 2.19. The SMILES string of the molecule is CC(=NNC1(C)C=CC=CC1)C(=O)O. The first-order chi connectivity index (χ1) is 6.53. The van der Waals surface area contributed by atoms with Gasteiger partial charge in [0.1, 0.15) is 5.71 Å².